The van der Waals surface area contributed by atoms with Gasteiger partial charge in [0.15, 0.2) is 11.6 Å². The highest BCUT2D eigenvalue weighted by Crippen LogP contribution is 2.29. The maximum absolute atomic E-state index is 5.30. The highest BCUT2D eigenvalue weighted by Gasteiger charge is 2.05. The van der Waals surface area contributed by atoms with Crippen molar-refractivity contribution >= 4 is 22.3 Å². The number of pyridine rings is 1. The monoisotopic (exact) mass is 250 g/mol. The summed E-state index contributed by atoms with van der Waals surface area (Å²) in [6.45, 7) is 0. The van der Waals surface area contributed by atoms with Crippen LogP contribution >= 0.6 is 0 Å². The van der Waals surface area contributed by atoms with Crippen LogP contribution < -0.4 is 10.1 Å². The van der Waals surface area contributed by atoms with Gasteiger partial charge >= 0.3 is 0 Å². The summed E-state index contributed by atoms with van der Waals surface area (Å²) in [7, 11) is 1.64. The number of ether oxygens (including phenoxy) is 1. The molecule has 1 aromatic heterocycles. The average Bonchev–Trinajstić information content (AvgIpc) is 2.48. The summed E-state index contributed by atoms with van der Waals surface area (Å²) in [6.07, 6.45) is 1.75. The first-order chi connectivity index (χ1) is 9.38. The van der Waals surface area contributed by atoms with Crippen LogP contribution in [0.3, 0.4) is 0 Å². The second-order valence-corrected chi connectivity index (χ2v) is 4.21. The standard InChI is InChI=1S/C16H14N2O/c1-19-15-10-5-11-17-16(15)18-14-9-4-7-12-6-2-3-8-13(12)14/h2-11H,1H3,(H,17,18). The minimum absolute atomic E-state index is 0.723. The third-order valence-electron chi connectivity index (χ3n) is 3.03. The third kappa shape index (κ3) is 2.22. The van der Waals surface area contributed by atoms with Gasteiger partial charge in [-0.2, -0.15) is 0 Å². The van der Waals surface area contributed by atoms with E-state index in [1.54, 1.807) is 13.3 Å². The van der Waals surface area contributed by atoms with Gasteiger partial charge in [0.2, 0.25) is 0 Å². The van der Waals surface area contributed by atoms with Crippen molar-refractivity contribution in [3.05, 3.63) is 60.8 Å². The van der Waals surface area contributed by atoms with Crippen LogP contribution in [0.15, 0.2) is 60.8 Å². The van der Waals surface area contributed by atoms with E-state index in [-0.39, 0.29) is 0 Å². The van der Waals surface area contributed by atoms with Crippen molar-refractivity contribution in [3.8, 4) is 5.75 Å². The fraction of sp³-hybridized carbons (Fsp3) is 0.0625. The van der Waals surface area contributed by atoms with Crippen molar-refractivity contribution < 1.29 is 4.74 Å². The maximum Gasteiger partial charge on any atom is 0.173 e. The van der Waals surface area contributed by atoms with Crippen molar-refractivity contribution in [1.82, 2.24) is 4.98 Å². The lowest BCUT2D eigenvalue weighted by molar-refractivity contribution is 0.415. The predicted molar refractivity (Wildman–Crippen MR) is 78.0 cm³/mol. The summed E-state index contributed by atoms with van der Waals surface area (Å²) in [6, 6.07) is 18.2. The Morgan fingerprint density at radius 3 is 2.68 bits per heavy atom. The molecule has 0 saturated carbocycles. The zero-order chi connectivity index (χ0) is 13.1. The van der Waals surface area contributed by atoms with Crippen molar-refractivity contribution in [2.75, 3.05) is 12.4 Å². The molecule has 0 atom stereocenters. The normalized spacial score (nSPS) is 10.4. The summed E-state index contributed by atoms with van der Waals surface area (Å²) in [5.41, 5.74) is 1.02. The fourth-order valence-corrected chi connectivity index (χ4v) is 2.11. The molecule has 0 aliphatic rings. The van der Waals surface area contributed by atoms with Gasteiger partial charge < -0.3 is 10.1 Å². The minimum atomic E-state index is 0.723. The van der Waals surface area contributed by atoms with E-state index in [4.69, 9.17) is 4.74 Å². The smallest absolute Gasteiger partial charge is 0.173 e. The lowest BCUT2D eigenvalue weighted by atomic mass is 10.1. The Hall–Kier alpha value is -2.55. The maximum atomic E-state index is 5.30. The minimum Gasteiger partial charge on any atom is -0.493 e. The lowest BCUT2D eigenvalue weighted by Crippen LogP contribution is -1.97. The van der Waals surface area contributed by atoms with Gasteiger partial charge in [-0.25, -0.2) is 4.98 Å². The van der Waals surface area contributed by atoms with Gasteiger partial charge in [0.1, 0.15) is 0 Å². The van der Waals surface area contributed by atoms with Gasteiger partial charge in [-0.3, -0.25) is 0 Å². The van der Waals surface area contributed by atoms with Gasteiger partial charge in [0.05, 0.1) is 7.11 Å². The van der Waals surface area contributed by atoms with Gasteiger partial charge in [-0.05, 0) is 23.6 Å². The highest BCUT2D eigenvalue weighted by molar-refractivity contribution is 5.95. The summed E-state index contributed by atoms with van der Waals surface area (Å²) in [5, 5.41) is 5.69. The van der Waals surface area contributed by atoms with E-state index >= 15 is 0 Å². The first-order valence-electron chi connectivity index (χ1n) is 6.12. The Bertz CT molecular complexity index is 704. The van der Waals surface area contributed by atoms with Crippen molar-refractivity contribution in [1.29, 1.82) is 0 Å². The second kappa shape index (κ2) is 4.98. The predicted octanol–water partition coefficient (Wildman–Crippen LogP) is 3.99. The number of rotatable bonds is 3. The van der Waals surface area contributed by atoms with E-state index in [1.807, 2.05) is 36.4 Å². The molecule has 1 heterocycles. The Morgan fingerprint density at radius 2 is 1.79 bits per heavy atom. The summed E-state index contributed by atoms with van der Waals surface area (Å²) in [5.74, 6) is 1.46. The molecule has 0 radical (unpaired) electrons. The highest BCUT2D eigenvalue weighted by atomic mass is 16.5. The number of hydrogen-bond acceptors (Lipinski definition) is 3. The van der Waals surface area contributed by atoms with Crippen LogP contribution in [0.5, 0.6) is 5.75 Å². The molecule has 0 saturated heterocycles. The van der Waals surface area contributed by atoms with Crippen LogP contribution in [-0.2, 0) is 0 Å². The zero-order valence-corrected chi connectivity index (χ0v) is 10.6. The largest absolute Gasteiger partial charge is 0.493 e. The molecule has 0 amide bonds. The molecule has 0 aliphatic heterocycles. The van der Waals surface area contributed by atoms with E-state index < -0.39 is 0 Å². The van der Waals surface area contributed by atoms with Crippen molar-refractivity contribution in [3.63, 3.8) is 0 Å². The zero-order valence-electron chi connectivity index (χ0n) is 10.6. The fourth-order valence-electron chi connectivity index (χ4n) is 2.11. The molecule has 0 fully saturated rings. The number of benzene rings is 2. The quantitative estimate of drug-likeness (QED) is 0.763. The average molecular weight is 250 g/mol. The van der Waals surface area contributed by atoms with E-state index in [0.717, 1.165) is 22.6 Å². The van der Waals surface area contributed by atoms with Gasteiger partial charge in [0, 0.05) is 17.3 Å². The Labute approximate surface area is 111 Å². The molecule has 3 aromatic rings. The van der Waals surface area contributed by atoms with Gasteiger partial charge in [0.25, 0.3) is 0 Å². The van der Waals surface area contributed by atoms with Crippen LogP contribution in [0.1, 0.15) is 0 Å². The Morgan fingerprint density at radius 1 is 0.947 bits per heavy atom. The van der Waals surface area contributed by atoms with Crippen LogP contribution in [0.2, 0.25) is 0 Å². The molecule has 0 bridgehead atoms. The lowest BCUT2D eigenvalue weighted by Gasteiger charge is -2.11. The van der Waals surface area contributed by atoms with E-state index in [0.29, 0.717) is 0 Å². The summed E-state index contributed by atoms with van der Waals surface area (Å²) in [4.78, 5) is 4.32. The summed E-state index contributed by atoms with van der Waals surface area (Å²) < 4.78 is 5.30. The Kier molecular flexibility index (Phi) is 3.02. The second-order valence-electron chi connectivity index (χ2n) is 4.21. The topological polar surface area (TPSA) is 34.1 Å². The first-order valence-corrected chi connectivity index (χ1v) is 6.12. The van der Waals surface area contributed by atoms with Crippen LogP contribution in [0, 0.1) is 0 Å². The number of anilines is 2. The number of hydrogen-bond donors (Lipinski definition) is 1. The van der Waals surface area contributed by atoms with Crippen molar-refractivity contribution in [2.24, 2.45) is 0 Å². The van der Waals surface area contributed by atoms with E-state index in [9.17, 15) is 0 Å². The molecule has 94 valence electrons. The number of fused-ring (bicyclic) bond motifs is 1. The van der Waals surface area contributed by atoms with E-state index in [1.165, 1.54) is 5.39 Å². The SMILES string of the molecule is COc1cccnc1Nc1cccc2ccccc12. The van der Waals surface area contributed by atoms with Gasteiger partial charge in [-0.1, -0.05) is 36.4 Å². The number of nitrogens with zero attached hydrogens (tertiary/aromatic N) is 1. The number of nitrogens with one attached hydrogen (secondary N) is 1. The Balaban J connectivity index is 2.06. The van der Waals surface area contributed by atoms with Crippen LogP contribution in [0.25, 0.3) is 10.8 Å². The molecule has 0 spiro atoms. The molecule has 3 heteroatoms. The van der Waals surface area contributed by atoms with Crippen molar-refractivity contribution in [2.45, 2.75) is 0 Å². The molecular weight excluding hydrogens is 236 g/mol. The van der Waals surface area contributed by atoms with Crippen LogP contribution in [-0.4, -0.2) is 12.1 Å². The molecule has 19 heavy (non-hydrogen) atoms. The number of aromatic nitrogens is 1. The van der Waals surface area contributed by atoms with Gasteiger partial charge in [-0.15, -0.1) is 0 Å². The van der Waals surface area contributed by atoms with E-state index in [2.05, 4.69) is 28.5 Å². The first kappa shape index (κ1) is 11.5. The van der Waals surface area contributed by atoms with Crippen LogP contribution in [0.4, 0.5) is 11.5 Å². The molecule has 0 unspecified atom stereocenters. The molecule has 0 aliphatic carbocycles. The number of methoxy groups -OCH3 is 1. The molecule has 3 rings (SSSR count). The molecule has 2 aromatic carbocycles. The molecule has 3 nitrogen and oxygen atoms in total. The molecule has 1 N–H and O–H groups in total. The molecular formula is C16H14N2O. The third-order valence-corrected chi connectivity index (χ3v) is 3.03. The summed E-state index contributed by atoms with van der Waals surface area (Å²) >= 11 is 0.